The lowest BCUT2D eigenvalue weighted by atomic mass is 10.1. The minimum Gasteiger partial charge on any atom is -0.489 e. The van der Waals surface area contributed by atoms with E-state index in [2.05, 4.69) is 10.6 Å². The molecule has 142 valence electrons. The first-order valence-electron chi connectivity index (χ1n) is 7.68. The molecule has 0 spiro atoms. The van der Waals surface area contributed by atoms with Gasteiger partial charge in [-0.15, -0.1) is 11.8 Å². The summed E-state index contributed by atoms with van der Waals surface area (Å²) in [5, 5.41) is 5.36. The molecule has 3 amide bonds. The van der Waals surface area contributed by atoms with Crippen molar-refractivity contribution in [1.29, 1.82) is 0 Å². The second kappa shape index (κ2) is 8.37. The summed E-state index contributed by atoms with van der Waals surface area (Å²) in [7, 11) is 0. The molecule has 0 aromatic heterocycles. The zero-order valence-corrected chi connectivity index (χ0v) is 16.7. The summed E-state index contributed by atoms with van der Waals surface area (Å²) in [5.41, 5.74) is -0.911. The number of thioether (sulfide) groups is 1. The highest BCUT2D eigenvalue weighted by atomic mass is 35.5. The van der Waals surface area contributed by atoms with Crippen molar-refractivity contribution in [3.05, 3.63) is 22.2 Å². The molecule has 1 unspecified atom stereocenters. The molecule has 26 heavy (non-hydrogen) atoms. The molecule has 1 aliphatic rings. The molecule has 1 aromatic carbocycles. The first kappa shape index (κ1) is 20.7. The van der Waals surface area contributed by atoms with Crippen LogP contribution < -0.4 is 15.4 Å². The number of imide groups is 1. The number of nitrogens with one attached hydrogen (secondary N) is 2. The third-order valence-corrected chi connectivity index (χ3v) is 5.11. The molecule has 0 radical (unpaired) electrons. The van der Waals surface area contributed by atoms with Crippen LogP contribution >= 0.6 is 35.0 Å². The molecule has 1 heterocycles. The van der Waals surface area contributed by atoms with E-state index in [9.17, 15) is 14.4 Å². The Bertz CT molecular complexity index is 744. The maximum atomic E-state index is 12.1. The number of carbonyl (C=O) groups excluding carboxylic acids is 3. The maximum absolute atomic E-state index is 12.1. The topological polar surface area (TPSA) is 93.7 Å². The zero-order valence-electron chi connectivity index (χ0n) is 14.4. The summed E-state index contributed by atoms with van der Waals surface area (Å²) in [5.74, 6) is -0.251. The van der Waals surface area contributed by atoms with Crippen LogP contribution in [0, 0.1) is 0 Å². The molecule has 1 atom stereocenters. The van der Waals surface area contributed by atoms with E-state index in [1.807, 2.05) is 13.8 Å². The number of alkyl carbamates (subject to hydrolysis) is 1. The van der Waals surface area contributed by atoms with Gasteiger partial charge in [0.15, 0.2) is 5.60 Å². The van der Waals surface area contributed by atoms with Gasteiger partial charge in [0.1, 0.15) is 5.75 Å². The molecule has 1 saturated heterocycles. The summed E-state index contributed by atoms with van der Waals surface area (Å²) in [6, 6.07) is 3.05. The first-order valence-corrected chi connectivity index (χ1v) is 9.59. The second-order valence-corrected chi connectivity index (χ2v) is 7.84. The number of hydrogen-bond donors (Lipinski definition) is 2. The third kappa shape index (κ3) is 5.18. The molecule has 0 aliphatic carbocycles. The first-order chi connectivity index (χ1) is 12.1. The summed E-state index contributed by atoms with van der Waals surface area (Å²) >= 11 is 13.3. The van der Waals surface area contributed by atoms with E-state index in [0.29, 0.717) is 16.5 Å². The van der Waals surface area contributed by atoms with Gasteiger partial charge in [-0.1, -0.05) is 23.2 Å². The minimum atomic E-state index is -1.28. The highest BCUT2D eigenvalue weighted by Crippen LogP contribution is 2.35. The van der Waals surface area contributed by atoms with Gasteiger partial charge in [-0.05, 0) is 26.8 Å². The summed E-state index contributed by atoms with van der Waals surface area (Å²) in [4.78, 5) is 34.9. The largest absolute Gasteiger partial charge is 0.489 e. The third-order valence-electron chi connectivity index (χ3n) is 3.28. The van der Waals surface area contributed by atoms with E-state index < -0.39 is 17.6 Å². The van der Waals surface area contributed by atoms with E-state index in [4.69, 9.17) is 32.7 Å². The van der Waals surface area contributed by atoms with E-state index in [1.54, 1.807) is 6.07 Å². The van der Waals surface area contributed by atoms with E-state index >= 15 is 0 Å². The van der Waals surface area contributed by atoms with Crippen LogP contribution in [0.15, 0.2) is 12.1 Å². The van der Waals surface area contributed by atoms with Crippen molar-refractivity contribution in [3.63, 3.8) is 0 Å². The molecule has 1 aliphatic heterocycles. The number of halogens is 2. The monoisotopic (exact) mass is 420 g/mol. The minimum absolute atomic E-state index is 0.0414. The van der Waals surface area contributed by atoms with Crippen molar-refractivity contribution in [3.8, 4) is 5.75 Å². The van der Waals surface area contributed by atoms with Crippen molar-refractivity contribution in [1.82, 2.24) is 5.32 Å². The lowest BCUT2D eigenvalue weighted by Gasteiger charge is -2.18. The number of benzene rings is 1. The average Bonchev–Trinajstić information content (AvgIpc) is 2.76. The molecule has 1 fully saturated rings. The van der Waals surface area contributed by atoms with Gasteiger partial charge in [-0.25, -0.2) is 4.79 Å². The molecular formula is C16H18Cl2N2O5S. The summed E-state index contributed by atoms with van der Waals surface area (Å²) in [6.07, 6.45) is -0.873. The fourth-order valence-electron chi connectivity index (χ4n) is 2.09. The smallest absolute Gasteiger partial charge is 0.415 e. The molecule has 1 aromatic rings. The number of cyclic esters (lactones) is 1. The van der Waals surface area contributed by atoms with Crippen molar-refractivity contribution >= 4 is 58.6 Å². The number of hydrogen-bond acceptors (Lipinski definition) is 6. The fraction of sp³-hybridized carbons (Fsp3) is 0.438. The van der Waals surface area contributed by atoms with Crippen LogP contribution in [0.25, 0.3) is 0 Å². The van der Waals surface area contributed by atoms with Crippen LogP contribution in [0.2, 0.25) is 10.0 Å². The Morgan fingerprint density at radius 2 is 2.04 bits per heavy atom. The van der Waals surface area contributed by atoms with Gasteiger partial charge in [-0.2, -0.15) is 0 Å². The molecule has 0 bridgehead atoms. The Kier molecular flexibility index (Phi) is 6.65. The van der Waals surface area contributed by atoms with Crippen molar-refractivity contribution in [2.24, 2.45) is 0 Å². The number of rotatable bonds is 7. The van der Waals surface area contributed by atoms with Gasteiger partial charge >= 0.3 is 6.09 Å². The van der Waals surface area contributed by atoms with Crippen LogP contribution in [0.5, 0.6) is 5.75 Å². The molecular weight excluding hydrogens is 403 g/mol. The van der Waals surface area contributed by atoms with E-state index in [1.165, 1.54) is 13.0 Å². The van der Waals surface area contributed by atoms with Gasteiger partial charge in [0.2, 0.25) is 5.91 Å². The Balaban J connectivity index is 1.93. The standard InChI is InChI=1S/C16H18Cl2N2O5S/c1-8(2)24-12-5-11(9(17)4-10(12)18)19-13(21)6-26-7-16(3)14(22)20-15(23)25-16/h4-5,8H,6-7H2,1-3H3,(H,19,21)(H,20,22,23). The number of carbonyl (C=O) groups is 3. The van der Waals surface area contributed by atoms with Crippen LogP contribution in [0.4, 0.5) is 10.5 Å². The van der Waals surface area contributed by atoms with Gasteiger partial charge < -0.3 is 14.8 Å². The number of ether oxygens (including phenoxy) is 2. The quantitative estimate of drug-likeness (QED) is 0.700. The Morgan fingerprint density at radius 3 is 2.62 bits per heavy atom. The molecule has 7 nitrogen and oxygen atoms in total. The SMILES string of the molecule is CC(C)Oc1cc(NC(=O)CSCC2(C)OC(=O)NC2=O)c(Cl)cc1Cl. The van der Waals surface area contributed by atoms with Crippen LogP contribution in [0.3, 0.4) is 0 Å². The maximum Gasteiger partial charge on any atom is 0.415 e. The molecule has 0 saturated carbocycles. The van der Waals surface area contributed by atoms with Crippen molar-refractivity contribution < 1.29 is 23.9 Å². The van der Waals surface area contributed by atoms with Crippen LogP contribution in [-0.4, -0.2) is 41.1 Å². The van der Waals surface area contributed by atoms with E-state index in [0.717, 1.165) is 11.8 Å². The summed E-state index contributed by atoms with van der Waals surface area (Å²) in [6.45, 7) is 5.20. The fourth-order valence-corrected chi connectivity index (χ4v) is 3.50. The zero-order chi connectivity index (χ0) is 19.5. The van der Waals surface area contributed by atoms with Crippen molar-refractivity contribution in [2.45, 2.75) is 32.5 Å². The number of amides is 3. The Hall–Kier alpha value is -1.64. The Labute approximate surface area is 165 Å². The average molecular weight is 421 g/mol. The van der Waals surface area contributed by atoms with Crippen LogP contribution in [-0.2, 0) is 14.3 Å². The predicted octanol–water partition coefficient (Wildman–Crippen LogP) is 3.48. The number of anilines is 1. The van der Waals surface area contributed by atoms with Crippen LogP contribution in [0.1, 0.15) is 20.8 Å². The van der Waals surface area contributed by atoms with Gasteiger partial charge in [0, 0.05) is 11.8 Å². The normalized spacial score (nSPS) is 19.3. The lowest BCUT2D eigenvalue weighted by Crippen LogP contribution is -2.38. The molecule has 2 rings (SSSR count). The summed E-state index contributed by atoms with van der Waals surface area (Å²) < 4.78 is 10.5. The molecule has 10 heteroatoms. The highest BCUT2D eigenvalue weighted by Gasteiger charge is 2.44. The Morgan fingerprint density at radius 1 is 1.35 bits per heavy atom. The highest BCUT2D eigenvalue weighted by molar-refractivity contribution is 8.00. The van der Waals surface area contributed by atoms with Gasteiger partial charge in [-0.3, -0.25) is 14.9 Å². The lowest BCUT2D eigenvalue weighted by molar-refractivity contribution is -0.128. The predicted molar refractivity (Wildman–Crippen MR) is 101 cm³/mol. The van der Waals surface area contributed by atoms with Gasteiger partial charge in [0.05, 0.1) is 27.6 Å². The van der Waals surface area contributed by atoms with Crippen molar-refractivity contribution in [2.75, 3.05) is 16.8 Å². The van der Waals surface area contributed by atoms with Gasteiger partial charge in [0.25, 0.3) is 5.91 Å². The van der Waals surface area contributed by atoms with E-state index in [-0.39, 0.29) is 28.5 Å². The second-order valence-electron chi connectivity index (χ2n) is 6.04. The molecule has 2 N–H and O–H groups in total.